The third-order valence-corrected chi connectivity index (χ3v) is 3.77. The molecule has 3 nitrogen and oxygen atoms in total. The summed E-state index contributed by atoms with van der Waals surface area (Å²) < 4.78 is 2.64. The van der Waals surface area contributed by atoms with Crippen LogP contribution in [0.25, 0.3) is 0 Å². The first-order valence-electron chi connectivity index (χ1n) is 6.34. The molecule has 0 spiro atoms. The molecule has 1 aliphatic rings. The topological polar surface area (TPSA) is 25.2 Å². The Hall–Kier alpha value is -0.610. The number of nitrogens with zero attached hydrogens (tertiary/aromatic N) is 2. The van der Waals surface area contributed by atoms with Gasteiger partial charge in [0.25, 0.3) is 5.56 Å². The van der Waals surface area contributed by atoms with Gasteiger partial charge in [0.15, 0.2) is 0 Å². The van der Waals surface area contributed by atoms with E-state index in [-0.39, 0.29) is 5.56 Å². The van der Waals surface area contributed by atoms with E-state index in [0.717, 1.165) is 24.0 Å². The minimum Gasteiger partial charge on any atom is -0.315 e. The van der Waals surface area contributed by atoms with E-state index in [9.17, 15) is 4.79 Å². The molecular weight excluding hydrogens is 280 g/mol. The molecule has 1 aromatic heterocycles. The third kappa shape index (κ3) is 3.96. The van der Waals surface area contributed by atoms with E-state index in [0.29, 0.717) is 0 Å². The molecule has 0 atom stereocenters. The largest absolute Gasteiger partial charge is 0.315 e. The first-order valence-corrected chi connectivity index (χ1v) is 7.13. The number of aryl methyl sites for hydroxylation is 1. The Bertz CT molecular complexity index is 410. The van der Waals surface area contributed by atoms with E-state index in [4.69, 9.17) is 0 Å². The Morgan fingerprint density at radius 3 is 2.65 bits per heavy atom. The fraction of sp³-hybridized carbons (Fsp3) is 0.615. The van der Waals surface area contributed by atoms with Crippen LogP contribution in [0, 0.1) is 0 Å². The summed E-state index contributed by atoms with van der Waals surface area (Å²) in [7, 11) is 0. The van der Waals surface area contributed by atoms with Crippen molar-refractivity contribution in [2.45, 2.75) is 32.2 Å². The van der Waals surface area contributed by atoms with Gasteiger partial charge in [0, 0.05) is 23.3 Å². The maximum atomic E-state index is 11.6. The van der Waals surface area contributed by atoms with Gasteiger partial charge in [-0.15, -0.1) is 0 Å². The first-order chi connectivity index (χ1) is 8.25. The number of rotatable bonds is 4. The van der Waals surface area contributed by atoms with Crippen molar-refractivity contribution in [3.8, 4) is 0 Å². The van der Waals surface area contributed by atoms with Gasteiger partial charge in [0.2, 0.25) is 0 Å². The summed E-state index contributed by atoms with van der Waals surface area (Å²) in [5.41, 5.74) is 0.0815. The lowest BCUT2D eigenvalue weighted by Gasteiger charge is -2.26. The zero-order valence-corrected chi connectivity index (χ0v) is 11.7. The Kier molecular flexibility index (Phi) is 4.80. The summed E-state index contributed by atoms with van der Waals surface area (Å²) in [6, 6.07) is 3.54. The number of likely N-dealkylation sites (tertiary alicyclic amines) is 1. The second-order valence-electron chi connectivity index (χ2n) is 4.63. The number of hydrogen-bond acceptors (Lipinski definition) is 2. The summed E-state index contributed by atoms with van der Waals surface area (Å²) >= 11 is 3.31. The standard InChI is InChI=1S/C13H19BrN2O/c14-12-5-10-16(13(17)11-12)9-4-8-15-6-2-1-3-7-15/h5,10-11H,1-4,6-9H2. The smallest absolute Gasteiger partial charge is 0.251 e. The van der Waals surface area contributed by atoms with E-state index in [1.54, 1.807) is 10.6 Å². The average molecular weight is 299 g/mol. The normalized spacial score (nSPS) is 17.2. The Labute approximate surface area is 111 Å². The summed E-state index contributed by atoms with van der Waals surface area (Å²) in [5, 5.41) is 0. The van der Waals surface area contributed by atoms with Gasteiger partial charge in [-0.3, -0.25) is 4.79 Å². The van der Waals surface area contributed by atoms with Crippen LogP contribution in [-0.2, 0) is 6.54 Å². The molecule has 17 heavy (non-hydrogen) atoms. The van der Waals surface area contributed by atoms with Crippen LogP contribution in [0.5, 0.6) is 0 Å². The first kappa shape index (κ1) is 12.8. The van der Waals surface area contributed by atoms with Gasteiger partial charge >= 0.3 is 0 Å². The van der Waals surface area contributed by atoms with Gasteiger partial charge in [-0.25, -0.2) is 0 Å². The van der Waals surface area contributed by atoms with Gasteiger partial charge in [0.1, 0.15) is 0 Å². The van der Waals surface area contributed by atoms with Crippen LogP contribution in [0.1, 0.15) is 25.7 Å². The van der Waals surface area contributed by atoms with Crippen LogP contribution in [0.2, 0.25) is 0 Å². The van der Waals surface area contributed by atoms with Crippen LogP contribution in [0.4, 0.5) is 0 Å². The molecule has 2 rings (SSSR count). The molecule has 4 heteroatoms. The molecule has 0 aliphatic carbocycles. The average Bonchev–Trinajstić information content (AvgIpc) is 2.33. The maximum absolute atomic E-state index is 11.6. The SMILES string of the molecule is O=c1cc(Br)ccn1CCCN1CCCCC1. The van der Waals surface area contributed by atoms with Crippen molar-refractivity contribution >= 4 is 15.9 Å². The molecule has 1 aromatic rings. The maximum Gasteiger partial charge on any atom is 0.251 e. The second kappa shape index (κ2) is 6.36. The minimum absolute atomic E-state index is 0.0815. The Morgan fingerprint density at radius 1 is 1.18 bits per heavy atom. The van der Waals surface area contributed by atoms with Crippen molar-refractivity contribution in [3.63, 3.8) is 0 Å². The lowest BCUT2D eigenvalue weighted by Crippen LogP contribution is -2.31. The lowest BCUT2D eigenvalue weighted by atomic mass is 10.1. The Balaban J connectivity index is 1.79. The van der Waals surface area contributed by atoms with Crippen LogP contribution in [-0.4, -0.2) is 29.1 Å². The summed E-state index contributed by atoms with van der Waals surface area (Å²) in [6.45, 7) is 4.40. The molecule has 0 aromatic carbocycles. The molecule has 1 saturated heterocycles. The molecule has 2 heterocycles. The van der Waals surface area contributed by atoms with Crippen LogP contribution >= 0.6 is 15.9 Å². The number of piperidine rings is 1. The predicted octanol–water partition coefficient (Wildman–Crippen LogP) is 2.49. The number of hydrogen-bond donors (Lipinski definition) is 0. The molecule has 0 saturated carbocycles. The molecular formula is C13H19BrN2O. The zero-order valence-electron chi connectivity index (χ0n) is 10.1. The van der Waals surface area contributed by atoms with Gasteiger partial charge in [0.05, 0.1) is 0 Å². The van der Waals surface area contributed by atoms with Gasteiger partial charge in [-0.2, -0.15) is 0 Å². The number of aromatic nitrogens is 1. The highest BCUT2D eigenvalue weighted by molar-refractivity contribution is 9.10. The van der Waals surface area contributed by atoms with Crippen molar-refractivity contribution < 1.29 is 0 Å². The summed E-state index contributed by atoms with van der Waals surface area (Å²) in [5.74, 6) is 0. The molecule has 0 bridgehead atoms. The van der Waals surface area contributed by atoms with Crippen LogP contribution in [0.3, 0.4) is 0 Å². The quantitative estimate of drug-likeness (QED) is 0.853. The van der Waals surface area contributed by atoms with Crippen molar-refractivity contribution in [2.24, 2.45) is 0 Å². The highest BCUT2D eigenvalue weighted by Crippen LogP contribution is 2.09. The van der Waals surface area contributed by atoms with Crippen LogP contribution < -0.4 is 5.56 Å². The fourth-order valence-corrected chi connectivity index (χ4v) is 2.63. The molecule has 0 radical (unpaired) electrons. The van der Waals surface area contributed by atoms with Crippen molar-refractivity contribution in [1.29, 1.82) is 0 Å². The lowest BCUT2D eigenvalue weighted by molar-refractivity contribution is 0.222. The van der Waals surface area contributed by atoms with Gasteiger partial charge in [-0.05, 0) is 45.0 Å². The van der Waals surface area contributed by atoms with Crippen molar-refractivity contribution in [3.05, 3.63) is 33.2 Å². The summed E-state index contributed by atoms with van der Waals surface area (Å²) in [4.78, 5) is 14.1. The molecule has 1 fully saturated rings. The van der Waals surface area contributed by atoms with Gasteiger partial charge < -0.3 is 9.47 Å². The molecule has 0 amide bonds. The van der Waals surface area contributed by atoms with E-state index in [2.05, 4.69) is 20.8 Å². The highest BCUT2D eigenvalue weighted by atomic mass is 79.9. The van der Waals surface area contributed by atoms with E-state index >= 15 is 0 Å². The molecule has 0 unspecified atom stereocenters. The predicted molar refractivity (Wildman–Crippen MR) is 73.3 cm³/mol. The van der Waals surface area contributed by atoms with E-state index < -0.39 is 0 Å². The van der Waals surface area contributed by atoms with Crippen molar-refractivity contribution in [1.82, 2.24) is 9.47 Å². The second-order valence-corrected chi connectivity index (χ2v) is 5.55. The highest BCUT2D eigenvalue weighted by Gasteiger charge is 2.09. The zero-order chi connectivity index (χ0) is 12.1. The van der Waals surface area contributed by atoms with Gasteiger partial charge in [-0.1, -0.05) is 22.4 Å². The third-order valence-electron chi connectivity index (χ3n) is 3.28. The number of pyridine rings is 1. The monoisotopic (exact) mass is 298 g/mol. The Morgan fingerprint density at radius 2 is 1.94 bits per heavy atom. The molecule has 94 valence electrons. The van der Waals surface area contributed by atoms with E-state index in [1.807, 2.05) is 12.3 Å². The van der Waals surface area contributed by atoms with Crippen molar-refractivity contribution in [2.75, 3.05) is 19.6 Å². The number of halogens is 1. The van der Waals surface area contributed by atoms with E-state index in [1.165, 1.54) is 32.4 Å². The molecule has 0 N–H and O–H groups in total. The van der Waals surface area contributed by atoms with Crippen LogP contribution in [0.15, 0.2) is 27.6 Å². The fourth-order valence-electron chi connectivity index (χ4n) is 2.32. The molecule has 1 aliphatic heterocycles. The summed E-state index contributed by atoms with van der Waals surface area (Å²) in [6.07, 6.45) is 6.96. The minimum atomic E-state index is 0.0815.